The summed E-state index contributed by atoms with van der Waals surface area (Å²) in [4.78, 5) is 25.0. The number of hydrogen-bond acceptors (Lipinski definition) is 3. The zero-order valence-electron chi connectivity index (χ0n) is 15.8. The lowest BCUT2D eigenvalue weighted by Gasteiger charge is -2.11. The molecule has 0 saturated carbocycles. The molecule has 28 heavy (non-hydrogen) atoms. The van der Waals surface area contributed by atoms with Crippen LogP contribution in [0.25, 0.3) is 5.69 Å². The van der Waals surface area contributed by atoms with Gasteiger partial charge in [-0.2, -0.15) is 8.78 Å². The van der Waals surface area contributed by atoms with E-state index in [0.717, 1.165) is 11.4 Å². The number of carbonyl (C=O) groups is 1. The number of ether oxygens (including phenoxy) is 1. The predicted molar refractivity (Wildman–Crippen MR) is 102 cm³/mol. The van der Waals surface area contributed by atoms with Crippen LogP contribution < -0.4 is 10.3 Å². The number of aromatic nitrogens is 2. The van der Waals surface area contributed by atoms with Gasteiger partial charge in [-0.3, -0.25) is 9.59 Å². The molecule has 0 aliphatic carbocycles. The number of hydrogen-bond donors (Lipinski definition) is 0. The first-order valence-electron chi connectivity index (χ1n) is 8.71. The Hall–Kier alpha value is -3.22. The van der Waals surface area contributed by atoms with Gasteiger partial charge in [-0.05, 0) is 57.2 Å². The summed E-state index contributed by atoms with van der Waals surface area (Å²) in [5, 5.41) is 0. The minimum absolute atomic E-state index is 0.0496. The average Bonchev–Trinajstić information content (AvgIpc) is 2.94. The van der Waals surface area contributed by atoms with E-state index in [1.165, 1.54) is 16.7 Å². The number of alkyl halides is 2. The van der Waals surface area contributed by atoms with Gasteiger partial charge in [0, 0.05) is 34.4 Å². The molecule has 146 valence electrons. The predicted octanol–water partition coefficient (Wildman–Crippen LogP) is 4.05. The maximum absolute atomic E-state index is 12.8. The highest BCUT2D eigenvalue weighted by atomic mass is 19.3. The lowest BCUT2D eigenvalue weighted by Crippen LogP contribution is -2.25. The van der Waals surface area contributed by atoms with E-state index in [1.807, 2.05) is 18.4 Å². The zero-order valence-corrected chi connectivity index (χ0v) is 15.8. The van der Waals surface area contributed by atoms with E-state index in [1.54, 1.807) is 43.5 Å². The fraction of sp³-hybridized carbons (Fsp3) is 0.238. The molecule has 0 spiro atoms. The Kier molecular flexibility index (Phi) is 5.44. The summed E-state index contributed by atoms with van der Waals surface area (Å²) in [5.41, 5.74) is 3.15. The van der Waals surface area contributed by atoms with Crippen molar-refractivity contribution in [3.63, 3.8) is 0 Å². The van der Waals surface area contributed by atoms with Gasteiger partial charge in [0.25, 0.3) is 5.56 Å². The minimum atomic E-state index is -2.88. The average molecular weight is 386 g/mol. The summed E-state index contributed by atoms with van der Waals surface area (Å²) in [6, 6.07) is 11.4. The highest BCUT2D eigenvalue weighted by Crippen LogP contribution is 2.24. The SMILES string of the molecule is Cc1cccn(CC(=O)c2cc(C)n(-c3ccc(OC(F)F)cc3)c2C)c1=O. The summed E-state index contributed by atoms with van der Waals surface area (Å²) in [7, 11) is 0. The number of carbonyl (C=O) groups excluding carboxylic acids is 1. The third-order valence-electron chi connectivity index (χ3n) is 4.58. The second kappa shape index (κ2) is 7.80. The van der Waals surface area contributed by atoms with Crippen LogP contribution in [0, 0.1) is 20.8 Å². The van der Waals surface area contributed by atoms with Gasteiger partial charge in [0.2, 0.25) is 0 Å². The summed E-state index contributed by atoms with van der Waals surface area (Å²) >= 11 is 0. The van der Waals surface area contributed by atoms with Crippen LogP contribution >= 0.6 is 0 Å². The highest BCUT2D eigenvalue weighted by Gasteiger charge is 2.18. The molecular formula is C21H20F2N2O3. The molecule has 0 N–H and O–H groups in total. The highest BCUT2D eigenvalue weighted by molar-refractivity contribution is 5.97. The Morgan fingerprint density at radius 2 is 1.79 bits per heavy atom. The number of ketones is 1. The third-order valence-corrected chi connectivity index (χ3v) is 4.58. The molecule has 2 heterocycles. The van der Waals surface area contributed by atoms with Gasteiger partial charge in [-0.25, -0.2) is 0 Å². The zero-order chi connectivity index (χ0) is 20.4. The Morgan fingerprint density at radius 3 is 2.43 bits per heavy atom. The van der Waals surface area contributed by atoms with Crippen molar-refractivity contribution in [1.29, 1.82) is 0 Å². The number of aryl methyl sites for hydroxylation is 2. The van der Waals surface area contributed by atoms with Gasteiger partial charge in [0.15, 0.2) is 5.78 Å². The molecular weight excluding hydrogens is 366 g/mol. The van der Waals surface area contributed by atoms with Crippen molar-refractivity contribution >= 4 is 5.78 Å². The van der Waals surface area contributed by atoms with Crippen molar-refractivity contribution in [3.05, 3.63) is 81.5 Å². The minimum Gasteiger partial charge on any atom is -0.435 e. The summed E-state index contributed by atoms with van der Waals surface area (Å²) in [6.45, 7) is 2.44. The number of pyridine rings is 1. The fourth-order valence-electron chi connectivity index (χ4n) is 3.24. The number of Topliss-reactive ketones (excluding diaryl/α,β-unsaturated/α-hetero) is 1. The van der Waals surface area contributed by atoms with Gasteiger partial charge in [0.05, 0.1) is 6.54 Å². The van der Waals surface area contributed by atoms with Crippen LogP contribution in [-0.4, -0.2) is 21.5 Å². The van der Waals surface area contributed by atoms with Gasteiger partial charge in [-0.15, -0.1) is 0 Å². The summed E-state index contributed by atoms with van der Waals surface area (Å²) in [5.74, 6) is -0.110. The number of nitrogens with zero attached hydrogens (tertiary/aromatic N) is 2. The summed E-state index contributed by atoms with van der Waals surface area (Å²) < 4.78 is 32.2. The Bertz CT molecular complexity index is 1070. The lowest BCUT2D eigenvalue weighted by atomic mass is 10.1. The molecule has 0 unspecified atom stereocenters. The monoisotopic (exact) mass is 386 g/mol. The molecule has 0 saturated heterocycles. The third kappa shape index (κ3) is 3.88. The second-order valence-electron chi connectivity index (χ2n) is 6.54. The molecule has 0 aliphatic heterocycles. The quantitative estimate of drug-likeness (QED) is 0.601. The maximum atomic E-state index is 12.8. The largest absolute Gasteiger partial charge is 0.435 e. The molecule has 0 bridgehead atoms. The number of rotatable bonds is 6. The molecule has 0 fully saturated rings. The molecule has 0 atom stereocenters. The molecule has 5 nitrogen and oxygen atoms in total. The van der Waals surface area contributed by atoms with Crippen molar-refractivity contribution in [2.75, 3.05) is 0 Å². The standard InChI is InChI=1S/C21H20F2N2O3/c1-13-5-4-10-24(20(13)27)12-19(26)18-11-14(2)25(15(18)3)16-6-8-17(9-7-16)28-21(22)23/h4-11,21H,12H2,1-3H3. The fourth-order valence-corrected chi connectivity index (χ4v) is 3.24. The first kappa shape index (κ1) is 19.5. The van der Waals surface area contributed by atoms with E-state index in [0.29, 0.717) is 16.8 Å². The Labute approximate surface area is 160 Å². The summed E-state index contributed by atoms with van der Waals surface area (Å²) in [6.07, 6.45) is 1.59. The van der Waals surface area contributed by atoms with Crippen LogP contribution in [0.4, 0.5) is 8.78 Å². The Balaban J connectivity index is 1.90. The first-order chi connectivity index (χ1) is 13.3. The number of halogens is 2. The second-order valence-corrected chi connectivity index (χ2v) is 6.54. The molecule has 3 aromatic rings. The molecule has 0 radical (unpaired) electrons. The molecule has 3 rings (SSSR count). The Morgan fingerprint density at radius 1 is 1.11 bits per heavy atom. The van der Waals surface area contributed by atoms with E-state index in [9.17, 15) is 18.4 Å². The van der Waals surface area contributed by atoms with E-state index in [2.05, 4.69) is 4.74 Å². The smallest absolute Gasteiger partial charge is 0.387 e. The number of benzene rings is 1. The van der Waals surface area contributed by atoms with Crippen LogP contribution in [0.5, 0.6) is 5.75 Å². The van der Waals surface area contributed by atoms with Gasteiger partial charge in [0.1, 0.15) is 5.75 Å². The van der Waals surface area contributed by atoms with Gasteiger partial charge in [-0.1, -0.05) is 6.07 Å². The molecule has 7 heteroatoms. The van der Waals surface area contributed by atoms with Gasteiger partial charge >= 0.3 is 6.61 Å². The van der Waals surface area contributed by atoms with Gasteiger partial charge < -0.3 is 13.9 Å². The normalized spacial score (nSPS) is 11.1. The van der Waals surface area contributed by atoms with Crippen molar-refractivity contribution in [2.45, 2.75) is 33.9 Å². The topological polar surface area (TPSA) is 53.2 Å². The van der Waals surface area contributed by atoms with E-state index < -0.39 is 6.61 Å². The van der Waals surface area contributed by atoms with Crippen molar-refractivity contribution < 1.29 is 18.3 Å². The van der Waals surface area contributed by atoms with Crippen LogP contribution in [-0.2, 0) is 6.54 Å². The lowest BCUT2D eigenvalue weighted by molar-refractivity contribution is -0.0498. The van der Waals surface area contributed by atoms with Crippen molar-refractivity contribution in [2.24, 2.45) is 0 Å². The molecule has 0 amide bonds. The maximum Gasteiger partial charge on any atom is 0.387 e. The van der Waals surface area contributed by atoms with Crippen molar-refractivity contribution in [1.82, 2.24) is 9.13 Å². The molecule has 1 aromatic carbocycles. The van der Waals surface area contributed by atoms with E-state index >= 15 is 0 Å². The van der Waals surface area contributed by atoms with Crippen LogP contribution in [0.1, 0.15) is 27.3 Å². The molecule has 0 aliphatic rings. The molecule has 2 aromatic heterocycles. The van der Waals surface area contributed by atoms with Crippen molar-refractivity contribution in [3.8, 4) is 11.4 Å². The van der Waals surface area contributed by atoms with Crippen LogP contribution in [0.15, 0.2) is 53.5 Å². The van der Waals surface area contributed by atoms with Crippen LogP contribution in [0.2, 0.25) is 0 Å². The van der Waals surface area contributed by atoms with E-state index in [4.69, 9.17) is 0 Å². The van der Waals surface area contributed by atoms with E-state index in [-0.39, 0.29) is 23.6 Å². The van der Waals surface area contributed by atoms with Crippen LogP contribution in [0.3, 0.4) is 0 Å². The first-order valence-corrected chi connectivity index (χ1v) is 8.71.